The summed E-state index contributed by atoms with van der Waals surface area (Å²) in [7, 11) is 0. The monoisotopic (exact) mass is 708 g/mol. The molecule has 0 atom stereocenters. The minimum absolute atomic E-state index is 0.215. The second-order valence-corrected chi connectivity index (χ2v) is 15.4. The Labute approximate surface area is 318 Å². The molecule has 0 saturated carbocycles. The van der Waals surface area contributed by atoms with E-state index in [0.717, 1.165) is 55.4 Å². The Bertz CT molecular complexity index is 3130. The van der Waals surface area contributed by atoms with Crippen molar-refractivity contribution in [1.82, 2.24) is 19.5 Å². The molecule has 5 nitrogen and oxygen atoms in total. The minimum atomic E-state index is -0.215. The van der Waals surface area contributed by atoms with Crippen molar-refractivity contribution in [2.45, 2.75) is 33.1 Å². The summed E-state index contributed by atoms with van der Waals surface area (Å²) in [5.74, 6) is 1.98. The largest absolute Gasteiger partial charge is 0.456 e. The van der Waals surface area contributed by atoms with Gasteiger partial charge >= 0.3 is 0 Å². The fourth-order valence-electron chi connectivity index (χ4n) is 8.88. The van der Waals surface area contributed by atoms with E-state index in [1.54, 1.807) is 0 Å². The van der Waals surface area contributed by atoms with Crippen molar-refractivity contribution in [3.63, 3.8) is 0 Å². The molecular weight excluding hydrogens is 673 g/mol. The molecule has 0 fully saturated rings. The van der Waals surface area contributed by atoms with E-state index in [2.05, 4.69) is 111 Å². The second-order valence-electron chi connectivity index (χ2n) is 15.4. The molecule has 5 heteroatoms. The molecule has 1 aliphatic carbocycles. The highest BCUT2D eigenvalue weighted by atomic mass is 16.3. The number of hydrogen-bond acceptors (Lipinski definition) is 4. The lowest BCUT2D eigenvalue weighted by Crippen LogP contribution is -2.15. The van der Waals surface area contributed by atoms with Crippen molar-refractivity contribution in [2.24, 2.45) is 0 Å². The lowest BCUT2D eigenvalue weighted by Gasteiger charge is -2.22. The van der Waals surface area contributed by atoms with Gasteiger partial charge in [0.2, 0.25) is 0 Å². The van der Waals surface area contributed by atoms with Crippen LogP contribution in [0.15, 0.2) is 150 Å². The number of nitrogens with zero attached hydrogens (tertiary/aromatic N) is 4. The normalized spacial score (nSPS) is 13.2. The molecule has 262 valence electrons. The highest BCUT2D eigenvalue weighted by molar-refractivity contribution is 6.13. The van der Waals surface area contributed by atoms with Crippen LogP contribution in [0.4, 0.5) is 0 Å². The van der Waals surface area contributed by atoms with E-state index in [1.165, 1.54) is 44.1 Å². The molecule has 0 radical (unpaired) electrons. The Morgan fingerprint density at radius 1 is 0.455 bits per heavy atom. The first-order valence-corrected chi connectivity index (χ1v) is 18.9. The summed E-state index contributed by atoms with van der Waals surface area (Å²) >= 11 is 0. The third kappa shape index (κ3) is 4.69. The van der Waals surface area contributed by atoms with Crippen LogP contribution in [0.25, 0.3) is 94.7 Å². The second kappa shape index (κ2) is 11.6. The van der Waals surface area contributed by atoms with Crippen LogP contribution in [0.5, 0.6) is 0 Å². The van der Waals surface area contributed by atoms with Gasteiger partial charge in [-0.2, -0.15) is 0 Å². The van der Waals surface area contributed by atoms with E-state index < -0.39 is 0 Å². The zero-order chi connectivity index (χ0) is 37.0. The predicted octanol–water partition coefficient (Wildman–Crippen LogP) is 12.8. The lowest BCUT2D eigenvalue weighted by atomic mass is 9.82. The van der Waals surface area contributed by atoms with Gasteiger partial charge in [-0.25, -0.2) is 15.0 Å². The van der Waals surface area contributed by atoms with E-state index in [0.29, 0.717) is 17.5 Å². The lowest BCUT2D eigenvalue weighted by molar-refractivity contribution is 0.647. The van der Waals surface area contributed by atoms with E-state index in [-0.39, 0.29) is 5.41 Å². The molecule has 11 rings (SSSR count). The van der Waals surface area contributed by atoms with Crippen molar-refractivity contribution < 1.29 is 4.42 Å². The number of hydrogen-bond donors (Lipinski definition) is 0. The van der Waals surface area contributed by atoms with Crippen molar-refractivity contribution in [1.29, 1.82) is 0 Å². The van der Waals surface area contributed by atoms with Gasteiger partial charge in [0.25, 0.3) is 0 Å². The Kier molecular flexibility index (Phi) is 6.66. The maximum atomic E-state index is 6.37. The summed E-state index contributed by atoms with van der Waals surface area (Å²) in [4.78, 5) is 15.1. The van der Waals surface area contributed by atoms with E-state index in [9.17, 15) is 0 Å². The molecule has 1 aliphatic rings. The standard InChI is InChI=1S/C50H36N4O/c1-29-24-43(30(2)23-35(29)49-52-47(31-15-7-5-8-16-31)51-48(53-49)32-17-9-6-10-18-32)54-42-21-13-11-19-33(42)38-25-36-37-26-39-34-20-12-14-22-45(34)55-46(39)28-41(37)50(3,4)40(36)27-44(38)54/h5-28H,1-4H3. The first-order chi connectivity index (χ1) is 26.8. The van der Waals surface area contributed by atoms with Gasteiger partial charge in [-0.15, -0.1) is 0 Å². The molecule has 3 heterocycles. The fourth-order valence-corrected chi connectivity index (χ4v) is 8.88. The van der Waals surface area contributed by atoms with Gasteiger partial charge in [0.15, 0.2) is 17.5 Å². The third-order valence-electron chi connectivity index (χ3n) is 11.7. The number of para-hydroxylation sites is 2. The van der Waals surface area contributed by atoms with Crippen molar-refractivity contribution in [2.75, 3.05) is 0 Å². The highest BCUT2D eigenvalue weighted by Crippen LogP contribution is 2.53. The molecule has 10 aromatic rings. The van der Waals surface area contributed by atoms with Crippen LogP contribution >= 0.6 is 0 Å². The fraction of sp³-hybridized carbons (Fsp3) is 0.100. The zero-order valence-electron chi connectivity index (χ0n) is 31.1. The minimum Gasteiger partial charge on any atom is -0.456 e. The third-order valence-corrected chi connectivity index (χ3v) is 11.7. The van der Waals surface area contributed by atoms with Crippen LogP contribution in [-0.2, 0) is 5.41 Å². The maximum Gasteiger partial charge on any atom is 0.164 e. The van der Waals surface area contributed by atoms with Crippen LogP contribution in [0.1, 0.15) is 36.1 Å². The van der Waals surface area contributed by atoms with Crippen LogP contribution in [-0.4, -0.2) is 19.5 Å². The van der Waals surface area contributed by atoms with Crippen molar-refractivity contribution in [3.8, 4) is 51.0 Å². The van der Waals surface area contributed by atoms with Gasteiger partial charge in [0.1, 0.15) is 11.2 Å². The predicted molar refractivity (Wildman–Crippen MR) is 225 cm³/mol. The quantitative estimate of drug-likeness (QED) is 0.183. The smallest absolute Gasteiger partial charge is 0.164 e. The number of fused-ring (bicyclic) bond motifs is 9. The van der Waals surface area contributed by atoms with E-state index >= 15 is 0 Å². The average molecular weight is 709 g/mol. The number of aromatic nitrogens is 4. The maximum absolute atomic E-state index is 6.37. The molecule has 0 aliphatic heterocycles. The molecule has 0 bridgehead atoms. The first-order valence-electron chi connectivity index (χ1n) is 18.9. The Hall–Kier alpha value is -6.85. The van der Waals surface area contributed by atoms with Gasteiger partial charge in [0, 0.05) is 49.3 Å². The van der Waals surface area contributed by atoms with Crippen LogP contribution in [0.2, 0.25) is 0 Å². The molecule has 3 aromatic heterocycles. The molecule has 0 amide bonds. The van der Waals surface area contributed by atoms with Gasteiger partial charge in [-0.05, 0) is 95.8 Å². The van der Waals surface area contributed by atoms with E-state index in [4.69, 9.17) is 19.4 Å². The average Bonchev–Trinajstić information content (AvgIpc) is 3.82. The SMILES string of the molecule is Cc1cc(-n2c3ccccc3c3cc4c(cc32)C(C)(C)c2cc3oc5ccccc5c3cc2-4)c(C)cc1-c1nc(-c2ccccc2)nc(-c2ccccc2)n1. The number of aryl methyl sites for hydroxylation is 2. The summed E-state index contributed by atoms with van der Waals surface area (Å²) in [6.45, 7) is 9.05. The number of benzene rings is 7. The summed E-state index contributed by atoms with van der Waals surface area (Å²) in [6, 6.07) is 51.5. The molecule has 0 unspecified atom stereocenters. The summed E-state index contributed by atoms with van der Waals surface area (Å²) < 4.78 is 8.83. The first kappa shape index (κ1) is 31.7. The van der Waals surface area contributed by atoms with Gasteiger partial charge in [-0.3, -0.25) is 0 Å². The van der Waals surface area contributed by atoms with Crippen molar-refractivity contribution >= 4 is 43.7 Å². The molecule has 0 saturated heterocycles. The van der Waals surface area contributed by atoms with E-state index in [1.807, 2.05) is 66.7 Å². The van der Waals surface area contributed by atoms with Gasteiger partial charge < -0.3 is 8.98 Å². The highest BCUT2D eigenvalue weighted by Gasteiger charge is 2.37. The molecular formula is C50H36N4O. The van der Waals surface area contributed by atoms with Gasteiger partial charge in [-0.1, -0.05) is 111 Å². The van der Waals surface area contributed by atoms with Gasteiger partial charge in [0.05, 0.1) is 11.0 Å². The number of furan rings is 1. The molecule has 55 heavy (non-hydrogen) atoms. The summed E-state index contributed by atoms with van der Waals surface area (Å²) in [5.41, 5.74) is 15.5. The Morgan fingerprint density at radius 2 is 1.04 bits per heavy atom. The number of rotatable bonds is 4. The molecule has 7 aromatic carbocycles. The molecule has 0 N–H and O–H groups in total. The zero-order valence-corrected chi connectivity index (χ0v) is 31.1. The van der Waals surface area contributed by atoms with Crippen LogP contribution < -0.4 is 0 Å². The van der Waals surface area contributed by atoms with Crippen LogP contribution in [0.3, 0.4) is 0 Å². The van der Waals surface area contributed by atoms with Crippen molar-refractivity contribution in [3.05, 3.63) is 168 Å². The summed E-state index contributed by atoms with van der Waals surface area (Å²) in [5, 5.41) is 4.80. The topological polar surface area (TPSA) is 56.7 Å². The molecule has 0 spiro atoms. The summed E-state index contributed by atoms with van der Waals surface area (Å²) in [6.07, 6.45) is 0. The Morgan fingerprint density at radius 3 is 1.75 bits per heavy atom. The van der Waals surface area contributed by atoms with Crippen LogP contribution in [0, 0.1) is 13.8 Å². The Balaban J connectivity index is 1.10.